The van der Waals surface area contributed by atoms with Crippen molar-refractivity contribution in [2.45, 2.75) is 19.3 Å². The van der Waals surface area contributed by atoms with E-state index in [1.165, 1.54) is 12.1 Å². The molecule has 0 aliphatic rings. The van der Waals surface area contributed by atoms with Gasteiger partial charge < -0.3 is 20.2 Å². The van der Waals surface area contributed by atoms with Gasteiger partial charge in [0.1, 0.15) is 11.5 Å². The smallest absolute Gasteiger partial charge is 0.251 e. The fourth-order valence-electron chi connectivity index (χ4n) is 2.05. The third kappa shape index (κ3) is 5.86. The van der Waals surface area contributed by atoms with Crippen molar-refractivity contribution >= 4 is 11.8 Å². The quantitative estimate of drug-likeness (QED) is 0.648. The highest BCUT2D eigenvalue weighted by atomic mass is 16.3. The number of phenolic OH excluding ortho intramolecular Hbond substituents is 1. The molecule has 2 amide bonds. The van der Waals surface area contributed by atoms with Gasteiger partial charge in [0, 0.05) is 31.5 Å². The molecule has 0 spiro atoms. The van der Waals surface area contributed by atoms with E-state index in [9.17, 15) is 14.7 Å². The van der Waals surface area contributed by atoms with Gasteiger partial charge in [0.25, 0.3) is 5.91 Å². The average molecular weight is 316 g/mol. The number of phenols is 1. The van der Waals surface area contributed by atoms with Gasteiger partial charge in [-0.2, -0.15) is 0 Å². The molecule has 0 unspecified atom stereocenters. The van der Waals surface area contributed by atoms with Gasteiger partial charge >= 0.3 is 0 Å². The monoisotopic (exact) mass is 316 g/mol. The molecule has 0 saturated carbocycles. The Labute approximate surface area is 134 Å². The summed E-state index contributed by atoms with van der Waals surface area (Å²) in [6.45, 7) is 0.949. The van der Waals surface area contributed by atoms with Crippen LogP contribution >= 0.6 is 0 Å². The van der Waals surface area contributed by atoms with Gasteiger partial charge in [-0.05, 0) is 36.8 Å². The van der Waals surface area contributed by atoms with Gasteiger partial charge in [0.05, 0.1) is 6.26 Å². The predicted molar refractivity (Wildman–Crippen MR) is 85.1 cm³/mol. The largest absolute Gasteiger partial charge is 0.508 e. The Morgan fingerprint density at radius 1 is 1.09 bits per heavy atom. The van der Waals surface area contributed by atoms with E-state index in [2.05, 4.69) is 10.6 Å². The second-order valence-corrected chi connectivity index (χ2v) is 5.09. The van der Waals surface area contributed by atoms with Crippen molar-refractivity contribution in [2.24, 2.45) is 0 Å². The summed E-state index contributed by atoms with van der Waals surface area (Å²) < 4.78 is 5.16. The summed E-state index contributed by atoms with van der Waals surface area (Å²) in [5.74, 6) is 0.561. The van der Waals surface area contributed by atoms with E-state index in [4.69, 9.17) is 4.42 Å². The molecule has 0 aliphatic carbocycles. The number of aromatic hydroxyl groups is 1. The Hall–Kier alpha value is -2.76. The van der Waals surface area contributed by atoms with Crippen molar-refractivity contribution in [3.8, 4) is 5.75 Å². The molecule has 2 aromatic rings. The van der Waals surface area contributed by atoms with E-state index in [1.807, 2.05) is 6.07 Å². The second-order valence-electron chi connectivity index (χ2n) is 5.09. The number of rotatable bonds is 8. The van der Waals surface area contributed by atoms with Crippen LogP contribution in [-0.2, 0) is 11.2 Å². The fraction of sp³-hybridized carbons (Fsp3) is 0.294. The normalized spacial score (nSPS) is 10.3. The summed E-state index contributed by atoms with van der Waals surface area (Å²) in [6, 6.07) is 9.79. The Morgan fingerprint density at radius 3 is 2.65 bits per heavy atom. The van der Waals surface area contributed by atoms with Crippen molar-refractivity contribution in [1.29, 1.82) is 0 Å². The highest BCUT2D eigenvalue weighted by Crippen LogP contribution is 2.10. The molecule has 0 radical (unpaired) electrons. The number of furan rings is 1. The summed E-state index contributed by atoms with van der Waals surface area (Å²) in [7, 11) is 0. The number of aryl methyl sites for hydroxylation is 1. The molecule has 0 saturated heterocycles. The first-order valence-corrected chi connectivity index (χ1v) is 7.51. The molecule has 0 aliphatic heterocycles. The molecule has 23 heavy (non-hydrogen) atoms. The first kappa shape index (κ1) is 16.6. The molecule has 122 valence electrons. The standard InChI is InChI=1S/C17H20N2O4/c20-14-5-1-4-13(12-14)17(22)19-10-3-9-18-16(21)8-7-15-6-2-11-23-15/h1-2,4-6,11-12,20H,3,7-10H2,(H,18,21)(H,19,22). The third-order valence-corrected chi connectivity index (χ3v) is 3.25. The van der Waals surface area contributed by atoms with E-state index in [1.54, 1.807) is 24.5 Å². The summed E-state index contributed by atoms with van der Waals surface area (Å²) in [6.07, 6.45) is 3.18. The lowest BCUT2D eigenvalue weighted by Crippen LogP contribution is -2.29. The molecule has 0 fully saturated rings. The number of carbonyl (C=O) groups excluding carboxylic acids is 2. The number of benzene rings is 1. The topological polar surface area (TPSA) is 91.6 Å². The molecule has 0 bridgehead atoms. The molecule has 1 aromatic heterocycles. The van der Waals surface area contributed by atoms with E-state index >= 15 is 0 Å². The number of hydrogen-bond acceptors (Lipinski definition) is 4. The van der Waals surface area contributed by atoms with Crippen LogP contribution in [0.4, 0.5) is 0 Å². The highest BCUT2D eigenvalue weighted by molar-refractivity contribution is 5.94. The maximum atomic E-state index is 11.8. The van der Waals surface area contributed by atoms with Crippen LogP contribution in [0.3, 0.4) is 0 Å². The minimum absolute atomic E-state index is 0.0410. The maximum absolute atomic E-state index is 11.8. The summed E-state index contributed by atoms with van der Waals surface area (Å²) in [4.78, 5) is 23.4. The fourth-order valence-corrected chi connectivity index (χ4v) is 2.05. The minimum atomic E-state index is -0.245. The Morgan fingerprint density at radius 2 is 1.91 bits per heavy atom. The molecule has 2 rings (SSSR count). The lowest BCUT2D eigenvalue weighted by Gasteiger charge is -2.07. The Kier molecular flexibility index (Phi) is 6.23. The molecular formula is C17H20N2O4. The zero-order valence-electron chi connectivity index (χ0n) is 12.7. The lowest BCUT2D eigenvalue weighted by atomic mass is 10.2. The first-order chi connectivity index (χ1) is 11.1. The van der Waals surface area contributed by atoms with Crippen LogP contribution in [0.5, 0.6) is 5.75 Å². The van der Waals surface area contributed by atoms with Gasteiger partial charge in [0.2, 0.25) is 5.91 Å². The maximum Gasteiger partial charge on any atom is 0.251 e. The Bertz CT molecular complexity index is 638. The third-order valence-electron chi connectivity index (χ3n) is 3.25. The van der Waals surface area contributed by atoms with Crippen LogP contribution in [-0.4, -0.2) is 30.0 Å². The van der Waals surface area contributed by atoms with Crippen molar-refractivity contribution in [2.75, 3.05) is 13.1 Å². The number of amides is 2. The van der Waals surface area contributed by atoms with E-state index in [0.717, 1.165) is 5.76 Å². The van der Waals surface area contributed by atoms with Crippen LogP contribution < -0.4 is 10.6 Å². The highest BCUT2D eigenvalue weighted by Gasteiger charge is 2.06. The van der Waals surface area contributed by atoms with Gasteiger partial charge in [-0.25, -0.2) is 0 Å². The zero-order chi connectivity index (χ0) is 16.5. The number of nitrogens with one attached hydrogen (secondary N) is 2. The molecule has 0 atom stereocenters. The molecule has 1 heterocycles. The van der Waals surface area contributed by atoms with E-state index in [-0.39, 0.29) is 17.6 Å². The van der Waals surface area contributed by atoms with Gasteiger partial charge in [0.15, 0.2) is 0 Å². The van der Waals surface area contributed by atoms with Crippen molar-refractivity contribution in [3.05, 3.63) is 54.0 Å². The lowest BCUT2D eigenvalue weighted by molar-refractivity contribution is -0.121. The van der Waals surface area contributed by atoms with Crippen molar-refractivity contribution in [3.63, 3.8) is 0 Å². The first-order valence-electron chi connectivity index (χ1n) is 7.51. The average Bonchev–Trinajstić information content (AvgIpc) is 3.06. The van der Waals surface area contributed by atoms with Gasteiger partial charge in [-0.3, -0.25) is 9.59 Å². The molecular weight excluding hydrogens is 296 g/mol. The summed E-state index contributed by atoms with van der Waals surface area (Å²) in [5.41, 5.74) is 0.410. The van der Waals surface area contributed by atoms with E-state index in [0.29, 0.717) is 37.9 Å². The zero-order valence-corrected chi connectivity index (χ0v) is 12.7. The van der Waals surface area contributed by atoms with E-state index < -0.39 is 0 Å². The van der Waals surface area contributed by atoms with Gasteiger partial charge in [-0.1, -0.05) is 6.07 Å². The molecule has 6 nitrogen and oxygen atoms in total. The number of carbonyl (C=O) groups is 2. The summed E-state index contributed by atoms with van der Waals surface area (Å²) >= 11 is 0. The predicted octanol–water partition coefficient (Wildman–Crippen LogP) is 1.85. The SMILES string of the molecule is O=C(CCc1ccco1)NCCCNC(=O)c1cccc(O)c1. The summed E-state index contributed by atoms with van der Waals surface area (Å²) in [5, 5.41) is 14.9. The molecule has 6 heteroatoms. The van der Waals surface area contributed by atoms with Crippen LogP contribution in [0, 0.1) is 0 Å². The van der Waals surface area contributed by atoms with Crippen LogP contribution in [0.2, 0.25) is 0 Å². The van der Waals surface area contributed by atoms with Gasteiger partial charge in [-0.15, -0.1) is 0 Å². The van der Waals surface area contributed by atoms with Crippen LogP contribution in [0.15, 0.2) is 47.1 Å². The molecule has 1 aromatic carbocycles. The second kappa shape index (κ2) is 8.63. The van der Waals surface area contributed by atoms with Crippen LogP contribution in [0.1, 0.15) is 29.0 Å². The van der Waals surface area contributed by atoms with Crippen molar-refractivity contribution in [1.82, 2.24) is 10.6 Å². The Balaban J connectivity index is 1.56. The number of hydrogen-bond donors (Lipinski definition) is 3. The minimum Gasteiger partial charge on any atom is -0.508 e. The van der Waals surface area contributed by atoms with Crippen molar-refractivity contribution < 1.29 is 19.1 Å². The van der Waals surface area contributed by atoms with Crippen LogP contribution in [0.25, 0.3) is 0 Å². The molecule has 3 N–H and O–H groups in total.